The number of hydrogen-bond donors (Lipinski definition) is 0. The first kappa shape index (κ1) is 14.8. The van der Waals surface area contributed by atoms with E-state index in [1.807, 2.05) is 30.3 Å². The molecule has 0 radical (unpaired) electrons. The number of allylic oxidation sites excluding steroid dienone is 1. The molecule has 0 saturated carbocycles. The molecule has 5 heteroatoms. The molecule has 1 aliphatic rings. The zero-order chi connectivity index (χ0) is 16.2. The lowest BCUT2D eigenvalue weighted by Crippen LogP contribution is -2.12. The maximum atomic E-state index is 12.3. The third-order valence-corrected chi connectivity index (χ3v) is 3.32. The molecule has 0 N–H and O–H groups in total. The van der Waals surface area contributed by atoms with Gasteiger partial charge in [-0.05, 0) is 23.8 Å². The molecule has 0 aliphatic carbocycles. The van der Waals surface area contributed by atoms with Gasteiger partial charge in [-0.15, -0.1) is 0 Å². The smallest absolute Gasteiger partial charge is 0.343 e. The van der Waals surface area contributed by atoms with E-state index in [0.717, 1.165) is 5.56 Å². The van der Waals surface area contributed by atoms with Crippen molar-refractivity contribution in [1.29, 1.82) is 0 Å². The van der Waals surface area contributed by atoms with Gasteiger partial charge in [-0.3, -0.25) is 4.79 Å². The average molecular weight is 310 g/mol. The van der Waals surface area contributed by atoms with Crippen molar-refractivity contribution in [2.45, 2.75) is 0 Å². The van der Waals surface area contributed by atoms with Crippen molar-refractivity contribution in [2.24, 2.45) is 0 Å². The summed E-state index contributed by atoms with van der Waals surface area (Å²) in [6.07, 6.45) is 1.69. The van der Waals surface area contributed by atoms with Gasteiger partial charge in [0.2, 0.25) is 5.78 Å². The third-order valence-electron chi connectivity index (χ3n) is 3.32. The Bertz CT molecular complexity index is 777. The summed E-state index contributed by atoms with van der Waals surface area (Å²) in [5.41, 5.74) is 1.35. The zero-order valence-electron chi connectivity index (χ0n) is 12.4. The summed E-state index contributed by atoms with van der Waals surface area (Å²) < 4.78 is 15.4. The second-order valence-electron chi connectivity index (χ2n) is 4.87. The second kappa shape index (κ2) is 6.36. The average Bonchev–Trinajstić information content (AvgIpc) is 2.89. The van der Waals surface area contributed by atoms with Crippen LogP contribution in [0, 0.1) is 0 Å². The normalized spacial score (nSPS) is 14.3. The fourth-order valence-corrected chi connectivity index (χ4v) is 2.16. The van der Waals surface area contributed by atoms with Crippen molar-refractivity contribution >= 4 is 17.8 Å². The number of ketones is 1. The van der Waals surface area contributed by atoms with Crippen LogP contribution in [0.1, 0.15) is 15.9 Å². The van der Waals surface area contributed by atoms with E-state index >= 15 is 0 Å². The van der Waals surface area contributed by atoms with E-state index in [-0.39, 0.29) is 18.1 Å². The largest absolute Gasteiger partial charge is 0.482 e. The standard InChI is InChI=1S/C18H14O5/c1-21-17(19)11-22-13-7-8-14-15(10-13)23-16(18(14)20)9-12-5-3-2-4-6-12/h2-10H,11H2,1H3/b16-9+. The Hall–Kier alpha value is -3.08. The van der Waals surface area contributed by atoms with Crippen molar-refractivity contribution in [2.75, 3.05) is 13.7 Å². The number of Topliss-reactive ketones (excluding diaryl/α,β-unsaturated/α-hetero) is 1. The molecule has 0 atom stereocenters. The fraction of sp³-hybridized carbons (Fsp3) is 0.111. The summed E-state index contributed by atoms with van der Waals surface area (Å²) in [6, 6.07) is 14.3. The first-order valence-electron chi connectivity index (χ1n) is 7.00. The molecule has 0 unspecified atom stereocenters. The minimum Gasteiger partial charge on any atom is -0.482 e. The topological polar surface area (TPSA) is 61.8 Å². The second-order valence-corrected chi connectivity index (χ2v) is 4.87. The van der Waals surface area contributed by atoms with Gasteiger partial charge in [0, 0.05) is 6.07 Å². The van der Waals surface area contributed by atoms with Crippen molar-refractivity contribution in [3.63, 3.8) is 0 Å². The van der Waals surface area contributed by atoms with Gasteiger partial charge in [-0.1, -0.05) is 30.3 Å². The number of esters is 1. The van der Waals surface area contributed by atoms with Gasteiger partial charge >= 0.3 is 5.97 Å². The Morgan fingerprint density at radius 2 is 1.96 bits per heavy atom. The number of carbonyl (C=O) groups excluding carboxylic acids is 2. The minimum atomic E-state index is -0.479. The fourth-order valence-electron chi connectivity index (χ4n) is 2.16. The molecule has 116 valence electrons. The molecular weight excluding hydrogens is 296 g/mol. The molecule has 0 amide bonds. The van der Waals surface area contributed by atoms with E-state index in [1.54, 1.807) is 24.3 Å². The highest BCUT2D eigenvalue weighted by atomic mass is 16.6. The number of benzene rings is 2. The lowest BCUT2D eigenvalue weighted by atomic mass is 10.1. The molecule has 0 saturated heterocycles. The monoisotopic (exact) mass is 310 g/mol. The van der Waals surface area contributed by atoms with Crippen molar-refractivity contribution in [3.8, 4) is 11.5 Å². The molecule has 0 fully saturated rings. The molecule has 1 heterocycles. The van der Waals surface area contributed by atoms with Crippen LogP contribution in [0.4, 0.5) is 0 Å². The maximum absolute atomic E-state index is 12.3. The summed E-state index contributed by atoms with van der Waals surface area (Å²) in [6.45, 7) is -0.198. The van der Waals surface area contributed by atoms with Crippen molar-refractivity contribution in [1.82, 2.24) is 0 Å². The number of hydrogen-bond acceptors (Lipinski definition) is 5. The number of fused-ring (bicyclic) bond motifs is 1. The quantitative estimate of drug-likeness (QED) is 0.642. The van der Waals surface area contributed by atoms with Crippen LogP contribution in [-0.4, -0.2) is 25.5 Å². The van der Waals surface area contributed by atoms with Gasteiger partial charge in [-0.25, -0.2) is 4.79 Å². The van der Waals surface area contributed by atoms with E-state index < -0.39 is 5.97 Å². The van der Waals surface area contributed by atoms with E-state index in [1.165, 1.54) is 7.11 Å². The maximum Gasteiger partial charge on any atom is 0.343 e. The van der Waals surface area contributed by atoms with Crippen molar-refractivity contribution in [3.05, 3.63) is 65.4 Å². The Kier molecular flexibility index (Phi) is 4.10. The molecular formula is C18H14O5. The van der Waals surface area contributed by atoms with Crippen LogP contribution in [-0.2, 0) is 9.53 Å². The Labute approximate surface area is 133 Å². The molecule has 2 aromatic carbocycles. The molecule has 2 aromatic rings. The molecule has 3 rings (SSSR count). The van der Waals surface area contributed by atoms with Gasteiger partial charge in [0.25, 0.3) is 0 Å². The predicted molar refractivity (Wildman–Crippen MR) is 83.3 cm³/mol. The van der Waals surface area contributed by atoms with Crippen LogP contribution in [0.5, 0.6) is 11.5 Å². The van der Waals surface area contributed by atoms with Crippen molar-refractivity contribution < 1.29 is 23.8 Å². The molecule has 23 heavy (non-hydrogen) atoms. The number of methoxy groups -OCH3 is 1. The van der Waals surface area contributed by atoms with E-state index in [4.69, 9.17) is 9.47 Å². The van der Waals surface area contributed by atoms with Crippen LogP contribution in [0.25, 0.3) is 6.08 Å². The lowest BCUT2D eigenvalue weighted by molar-refractivity contribution is -0.142. The molecule has 0 bridgehead atoms. The van der Waals surface area contributed by atoms with E-state index in [0.29, 0.717) is 17.1 Å². The highest BCUT2D eigenvalue weighted by Gasteiger charge is 2.27. The Balaban J connectivity index is 1.80. The van der Waals surface area contributed by atoms with Crippen LogP contribution in [0.3, 0.4) is 0 Å². The van der Waals surface area contributed by atoms with Gasteiger partial charge in [0.15, 0.2) is 12.4 Å². The first-order chi connectivity index (χ1) is 11.2. The van der Waals surface area contributed by atoms with Crippen LogP contribution in [0.2, 0.25) is 0 Å². The number of ether oxygens (including phenoxy) is 3. The summed E-state index contributed by atoms with van der Waals surface area (Å²) >= 11 is 0. The third kappa shape index (κ3) is 3.23. The molecule has 0 aromatic heterocycles. The zero-order valence-corrected chi connectivity index (χ0v) is 12.4. The summed E-state index contributed by atoms with van der Waals surface area (Å²) in [5.74, 6) is 0.453. The number of rotatable bonds is 4. The van der Waals surface area contributed by atoms with Crippen LogP contribution < -0.4 is 9.47 Å². The van der Waals surface area contributed by atoms with Gasteiger partial charge in [-0.2, -0.15) is 0 Å². The minimum absolute atomic E-state index is 0.177. The Morgan fingerprint density at radius 3 is 2.70 bits per heavy atom. The molecule has 1 aliphatic heterocycles. The Morgan fingerprint density at radius 1 is 1.17 bits per heavy atom. The van der Waals surface area contributed by atoms with E-state index in [9.17, 15) is 9.59 Å². The van der Waals surface area contributed by atoms with Gasteiger partial charge < -0.3 is 14.2 Å². The SMILES string of the molecule is COC(=O)COc1ccc2c(c1)O/C(=C/c1ccccc1)C2=O. The van der Waals surface area contributed by atoms with Gasteiger partial charge in [0.1, 0.15) is 11.5 Å². The number of carbonyl (C=O) groups is 2. The molecule has 0 spiro atoms. The molecule has 5 nitrogen and oxygen atoms in total. The summed E-state index contributed by atoms with van der Waals surface area (Å²) in [7, 11) is 1.29. The highest BCUT2D eigenvalue weighted by Crippen LogP contribution is 2.34. The van der Waals surface area contributed by atoms with Gasteiger partial charge in [0.05, 0.1) is 12.7 Å². The highest BCUT2D eigenvalue weighted by molar-refractivity contribution is 6.14. The van der Waals surface area contributed by atoms with Crippen LogP contribution in [0.15, 0.2) is 54.3 Å². The first-order valence-corrected chi connectivity index (χ1v) is 7.00. The predicted octanol–water partition coefficient (Wildman–Crippen LogP) is 2.85. The summed E-state index contributed by atoms with van der Waals surface area (Å²) in [5, 5.41) is 0. The van der Waals surface area contributed by atoms with E-state index in [2.05, 4.69) is 4.74 Å². The lowest BCUT2D eigenvalue weighted by Gasteiger charge is -2.05. The van der Waals surface area contributed by atoms with Crippen LogP contribution >= 0.6 is 0 Å². The summed E-state index contributed by atoms with van der Waals surface area (Å²) in [4.78, 5) is 23.4.